The zero-order valence-corrected chi connectivity index (χ0v) is 9.48. The van der Waals surface area contributed by atoms with Crippen LogP contribution in [0.5, 0.6) is 0 Å². The predicted molar refractivity (Wildman–Crippen MR) is 47.8 cm³/mol. The van der Waals surface area contributed by atoms with Gasteiger partial charge in [-0.3, -0.25) is 0 Å². The lowest BCUT2D eigenvalue weighted by atomic mass is 10.8. The second-order valence-corrected chi connectivity index (χ2v) is 6.16. The van der Waals surface area contributed by atoms with E-state index in [9.17, 15) is 0 Å². The topological polar surface area (TPSA) is 9.23 Å². The van der Waals surface area contributed by atoms with Crippen LogP contribution in [-0.4, -0.2) is 29.7 Å². The van der Waals surface area contributed by atoms with Crippen LogP contribution in [0.3, 0.4) is 0 Å². The molecule has 0 fully saturated rings. The maximum absolute atomic E-state index is 4.83. The minimum atomic E-state index is 0.387. The molecule has 0 aromatic heterocycles. The maximum atomic E-state index is 4.83. The summed E-state index contributed by atoms with van der Waals surface area (Å²) in [6.45, 7) is 5.67. The van der Waals surface area contributed by atoms with Crippen LogP contribution in [0, 0.1) is 0 Å². The van der Waals surface area contributed by atoms with Gasteiger partial charge in [-0.1, -0.05) is 0 Å². The molecule has 0 aliphatic rings. The monoisotopic (exact) mass is 240 g/mol. The Bertz CT molecular complexity index is 26.4. The van der Waals surface area contributed by atoms with Gasteiger partial charge in [0.2, 0.25) is 0 Å². The highest BCUT2D eigenvalue weighted by atomic mass is 127. The van der Waals surface area contributed by atoms with Crippen molar-refractivity contribution in [3.05, 3.63) is 0 Å². The third-order valence-electron chi connectivity index (χ3n) is 0.408. The molecule has 0 saturated heterocycles. The number of ether oxygens (including phenoxy) is 1. The van der Waals surface area contributed by atoms with Crippen LogP contribution < -0.4 is 0 Å². The Labute approximate surface area is 71.7 Å². The fourth-order valence-corrected chi connectivity index (χ4v) is 0.204. The molecule has 0 N–H and O–H groups in total. The summed E-state index contributed by atoms with van der Waals surface area (Å²) in [6, 6.07) is 0. The van der Waals surface area contributed by atoms with Crippen molar-refractivity contribution in [1.29, 1.82) is 0 Å². The lowest BCUT2D eigenvalue weighted by molar-refractivity contribution is 0.162. The first-order valence-corrected chi connectivity index (χ1v) is 9.49. The van der Waals surface area contributed by atoms with Gasteiger partial charge in [0.05, 0.1) is 0 Å². The summed E-state index contributed by atoms with van der Waals surface area (Å²) in [7, 11) is 0. The molecule has 0 radical (unpaired) electrons. The minimum Gasteiger partial charge on any atom is -0.382 e. The second-order valence-electron chi connectivity index (χ2n) is 1.05. The third-order valence-corrected chi connectivity index (χ3v) is 0.408. The highest BCUT2D eigenvalue weighted by Crippen LogP contribution is 1.65. The molecule has 0 rings (SSSR count). The van der Waals surface area contributed by atoms with Crippen molar-refractivity contribution in [2.45, 2.75) is 18.9 Å². The molecule has 0 aliphatic heterocycles. The Balaban J connectivity index is 0. The number of hydrogen-bond acceptors (Lipinski definition) is 1. The lowest BCUT2D eigenvalue weighted by Crippen LogP contribution is -1.84. The maximum Gasteiger partial charge on any atom is 0.460 e. The van der Waals surface area contributed by atoms with Crippen molar-refractivity contribution in [2.75, 3.05) is 13.2 Å². The number of hydrogen-bond donors (Lipinski definition) is 0. The molecular weight excluding hydrogens is 227 g/mol. The van der Waals surface area contributed by atoms with E-state index in [2.05, 4.69) is 23.9 Å². The van der Waals surface area contributed by atoms with Crippen LogP contribution in [0.1, 0.15) is 13.8 Å². The minimum absolute atomic E-state index is 0.387. The molecule has 3 heteroatoms. The van der Waals surface area contributed by atoms with Gasteiger partial charge in [-0.25, -0.2) is 0 Å². The molecule has 0 bridgehead atoms. The van der Waals surface area contributed by atoms with Crippen LogP contribution >= 0.6 is 18.9 Å². The average Bonchev–Trinajstić information content (AvgIpc) is 1.71. The van der Waals surface area contributed by atoms with Crippen molar-refractivity contribution in [3.8, 4) is 0 Å². The molecule has 0 aliphatic carbocycles. The normalized spacial score (nSPS) is 6.50. The molecular formula is C5H13IMgO. The summed E-state index contributed by atoms with van der Waals surface area (Å²) in [6.07, 6.45) is 0. The molecule has 0 aromatic carbocycles. The summed E-state index contributed by atoms with van der Waals surface area (Å²) in [4.78, 5) is 0. The molecule has 0 unspecified atom stereocenters. The fourth-order valence-electron chi connectivity index (χ4n) is 0.204. The van der Waals surface area contributed by atoms with Gasteiger partial charge in [0.1, 0.15) is 0 Å². The summed E-state index contributed by atoms with van der Waals surface area (Å²) in [5.74, 6) is 0. The molecule has 1 nitrogen and oxygen atoms in total. The standard InChI is InChI=1S/C4H10O.CH3.HI.Mg/c1-3-5-4-2;;;/h3-4H2,1-2H3;1H3;1H;/q;;;+1/p-1. The van der Waals surface area contributed by atoms with Crippen LogP contribution in [0.2, 0.25) is 5.05 Å². The second kappa shape index (κ2) is 15.8. The van der Waals surface area contributed by atoms with Crippen molar-refractivity contribution < 1.29 is 4.74 Å². The van der Waals surface area contributed by atoms with E-state index >= 15 is 0 Å². The SMILES string of the molecule is CCOCC.[CH3][Mg][I]. The summed E-state index contributed by atoms with van der Waals surface area (Å²) >= 11 is 2.81. The Morgan fingerprint density at radius 1 is 1.38 bits per heavy atom. The Morgan fingerprint density at radius 3 is 1.62 bits per heavy atom. The first-order chi connectivity index (χ1) is 3.83. The van der Waals surface area contributed by atoms with E-state index in [1.54, 1.807) is 0 Å². The molecule has 8 heavy (non-hydrogen) atoms. The van der Waals surface area contributed by atoms with Crippen LogP contribution in [0.4, 0.5) is 0 Å². The van der Waals surface area contributed by atoms with Gasteiger partial charge in [0.15, 0.2) is 0 Å². The summed E-state index contributed by atoms with van der Waals surface area (Å²) in [5.41, 5.74) is 0. The van der Waals surface area contributed by atoms with Gasteiger partial charge < -0.3 is 23.6 Å². The van der Waals surface area contributed by atoms with Gasteiger partial charge in [0.25, 0.3) is 0 Å². The zero-order valence-electron chi connectivity index (χ0n) is 5.91. The highest BCUT2D eigenvalue weighted by molar-refractivity contribution is 14.1. The van der Waals surface area contributed by atoms with Crippen LogP contribution in [0.15, 0.2) is 0 Å². The van der Waals surface area contributed by atoms with Crippen molar-refractivity contribution in [3.63, 3.8) is 0 Å². The van der Waals surface area contributed by atoms with E-state index in [-0.39, 0.29) is 0 Å². The van der Waals surface area contributed by atoms with Crippen LogP contribution in [-0.2, 0) is 4.74 Å². The number of halogens is 1. The smallest absolute Gasteiger partial charge is 0.382 e. The Kier molecular flexibility index (Phi) is 24.0. The van der Waals surface area contributed by atoms with E-state index in [0.29, 0.717) is 16.5 Å². The molecule has 48 valence electrons. The average molecular weight is 240 g/mol. The van der Waals surface area contributed by atoms with E-state index in [0.717, 1.165) is 13.2 Å². The largest absolute Gasteiger partial charge is 0.460 e. The zero-order chi connectivity index (χ0) is 6.83. The molecule has 0 saturated carbocycles. The van der Waals surface area contributed by atoms with Crippen LogP contribution in [0.25, 0.3) is 0 Å². The van der Waals surface area contributed by atoms with Crippen molar-refractivity contribution in [1.82, 2.24) is 0 Å². The summed E-state index contributed by atoms with van der Waals surface area (Å²) < 4.78 is 4.83. The summed E-state index contributed by atoms with van der Waals surface area (Å²) in [5, 5.41) is 2.25. The molecule has 0 heterocycles. The third kappa shape index (κ3) is 26.0. The van der Waals surface area contributed by atoms with E-state index < -0.39 is 0 Å². The van der Waals surface area contributed by atoms with Gasteiger partial charge in [0, 0.05) is 13.2 Å². The van der Waals surface area contributed by atoms with Gasteiger partial charge in [-0.2, -0.15) is 0 Å². The predicted octanol–water partition coefficient (Wildman–Crippen LogP) is 2.13. The highest BCUT2D eigenvalue weighted by Gasteiger charge is 1.64. The van der Waals surface area contributed by atoms with Gasteiger partial charge in [-0.15, -0.1) is 5.05 Å². The van der Waals surface area contributed by atoms with Gasteiger partial charge in [-0.05, 0) is 13.8 Å². The van der Waals surface area contributed by atoms with E-state index in [1.165, 1.54) is 0 Å². The Morgan fingerprint density at radius 2 is 1.62 bits per heavy atom. The van der Waals surface area contributed by atoms with Crippen molar-refractivity contribution in [2.24, 2.45) is 0 Å². The Hall–Kier alpha value is 1.46. The quantitative estimate of drug-likeness (QED) is 0.531. The van der Waals surface area contributed by atoms with Crippen molar-refractivity contribution >= 4 is 35.3 Å². The van der Waals surface area contributed by atoms with E-state index in [1.807, 2.05) is 13.8 Å². The first kappa shape index (κ1) is 12.2. The molecule has 0 amide bonds. The first-order valence-electron chi connectivity index (χ1n) is 2.97. The molecule has 0 atom stereocenters. The number of rotatable bonds is 2. The molecule has 0 spiro atoms. The van der Waals surface area contributed by atoms with E-state index in [4.69, 9.17) is 4.74 Å². The lowest BCUT2D eigenvalue weighted by Gasteiger charge is -1.86. The fraction of sp³-hybridized carbons (Fsp3) is 1.00. The van der Waals surface area contributed by atoms with Gasteiger partial charge >= 0.3 is 16.5 Å². The molecule has 0 aromatic rings.